The third kappa shape index (κ3) is 5.42. The van der Waals surface area contributed by atoms with Crippen molar-refractivity contribution in [2.45, 2.75) is 51.4 Å². The number of nitrogens with zero attached hydrogens (tertiary/aromatic N) is 7. The number of rotatable bonds is 9. The molecule has 11 nitrogen and oxygen atoms in total. The zero-order chi connectivity index (χ0) is 28.6. The van der Waals surface area contributed by atoms with Crippen molar-refractivity contribution in [1.29, 1.82) is 0 Å². The summed E-state index contributed by atoms with van der Waals surface area (Å²) >= 11 is 0. The van der Waals surface area contributed by atoms with Crippen molar-refractivity contribution >= 4 is 11.5 Å². The minimum absolute atomic E-state index is 0.00287. The molecule has 1 N–H and O–H groups in total. The summed E-state index contributed by atoms with van der Waals surface area (Å²) in [6.45, 7) is 3.70. The van der Waals surface area contributed by atoms with Crippen LogP contribution in [-0.2, 0) is 12.7 Å². The van der Waals surface area contributed by atoms with Crippen LogP contribution in [-0.4, -0.2) is 41.5 Å². The van der Waals surface area contributed by atoms with E-state index >= 15 is 0 Å². The Morgan fingerprint density at radius 1 is 1.15 bits per heavy atom. The summed E-state index contributed by atoms with van der Waals surface area (Å²) in [5.74, 6) is 0.893. The zero-order valence-electron chi connectivity index (χ0n) is 21.8. The number of benzene rings is 1. The summed E-state index contributed by atoms with van der Waals surface area (Å²) in [6.07, 6.45) is 0.886. The number of aromatic nitrogens is 6. The molecule has 0 aliphatic heterocycles. The van der Waals surface area contributed by atoms with Gasteiger partial charge in [-0.2, -0.15) is 13.2 Å². The normalized spacial score (nSPS) is 13.5. The molecule has 1 fully saturated rings. The Labute approximate surface area is 226 Å². The maximum Gasteiger partial charge on any atom is 0.434 e. The van der Waals surface area contributed by atoms with Crippen LogP contribution >= 0.6 is 0 Å². The van der Waals surface area contributed by atoms with Crippen molar-refractivity contribution in [3.8, 4) is 28.7 Å². The van der Waals surface area contributed by atoms with Crippen LogP contribution in [0.5, 0.6) is 5.88 Å². The van der Waals surface area contributed by atoms with Crippen molar-refractivity contribution in [2.24, 2.45) is 0 Å². The van der Waals surface area contributed by atoms with Gasteiger partial charge in [-0.05, 0) is 32.3 Å². The molecule has 40 heavy (non-hydrogen) atoms. The Hall–Kier alpha value is -4.62. The average molecular weight is 555 g/mol. The lowest BCUT2D eigenvalue weighted by Gasteiger charge is -2.13. The molecule has 0 atom stereocenters. The van der Waals surface area contributed by atoms with Gasteiger partial charge < -0.3 is 14.6 Å². The molecule has 208 valence electrons. The van der Waals surface area contributed by atoms with Gasteiger partial charge in [0.25, 0.3) is 0 Å². The third-order valence-corrected chi connectivity index (χ3v) is 6.44. The predicted octanol–water partition coefficient (Wildman–Crippen LogP) is 5.80. The quantitative estimate of drug-likeness (QED) is 0.201. The molecule has 1 aliphatic carbocycles. The highest BCUT2D eigenvalue weighted by atomic mass is 19.4. The number of halogens is 3. The van der Waals surface area contributed by atoms with Gasteiger partial charge in [0, 0.05) is 30.3 Å². The summed E-state index contributed by atoms with van der Waals surface area (Å²) in [5, 5.41) is 14.7. The highest BCUT2D eigenvalue weighted by Crippen LogP contribution is 2.45. The van der Waals surface area contributed by atoms with Crippen molar-refractivity contribution < 1.29 is 22.8 Å². The summed E-state index contributed by atoms with van der Waals surface area (Å²) in [5.41, 5.74) is 1.18. The molecule has 14 heteroatoms. The number of imidazole rings is 1. The van der Waals surface area contributed by atoms with E-state index in [-0.39, 0.29) is 47.5 Å². The summed E-state index contributed by atoms with van der Waals surface area (Å²) in [4.78, 5) is 32.1. The Morgan fingerprint density at radius 3 is 2.48 bits per heavy atom. The fraction of sp³-hybridized carbons (Fsp3) is 0.346. The predicted molar refractivity (Wildman–Crippen MR) is 139 cm³/mol. The Kier molecular flexibility index (Phi) is 7.08. The van der Waals surface area contributed by atoms with Crippen molar-refractivity contribution in [3.63, 3.8) is 0 Å². The Morgan fingerprint density at radius 2 is 1.88 bits per heavy atom. The van der Waals surface area contributed by atoms with E-state index in [4.69, 9.17) is 4.74 Å². The van der Waals surface area contributed by atoms with E-state index in [1.165, 1.54) is 18.0 Å². The molecule has 0 bridgehead atoms. The molecule has 4 aromatic rings. The van der Waals surface area contributed by atoms with Gasteiger partial charge in [0.1, 0.15) is 23.9 Å². The topological polar surface area (TPSA) is 134 Å². The largest absolute Gasteiger partial charge is 0.480 e. The smallest absolute Gasteiger partial charge is 0.434 e. The van der Waals surface area contributed by atoms with Gasteiger partial charge in [-0.25, -0.2) is 24.9 Å². The molecular weight excluding hydrogens is 529 g/mol. The first-order valence-corrected chi connectivity index (χ1v) is 12.5. The molecule has 3 heterocycles. The van der Waals surface area contributed by atoms with E-state index in [1.807, 2.05) is 0 Å². The van der Waals surface area contributed by atoms with Gasteiger partial charge in [-0.1, -0.05) is 24.3 Å². The molecule has 1 aromatic carbocycles. The van der Waals surface area contributed by atoms with Crippen molar-refractivity contribution in [1.82, 2.24) is 29.5 Å². The number of nitrogens with one attached hydrogen (secondary N) is 1. The van der Waals surface area contributed by atoms with Gasteiger partial charge in [-0.3, -0.25) is 10.1 Å². The summed E-state index contributed by atoms with van der Waals surface area (Å²) < 4.78 is 46.7. The average Bonchev–Trinajstić information content (AvgIpc) is 3.67. The highest BCUT2D eigenvalue weighted by Gasteiger charge is 2.35. The van der Waals surface area contributed by atoms with Gasteiger partial charge in [0.2, 0.25) is 11.7 Å². The fourth-order valence-electron chi connectivity index (χ4n) is 4.27. The molecule has 0 amide bonds. The molecular formula is C26H25F3N8O3. The van der Waals surface area contributed by atoms with E-state index in [0.29, 0.717) is 11.1 Å². The van der Waals surface area contributed by atoms with E-state index in [9.17, 15) is 23.3 Å². The number of anilines is 1. The number of nitro groups is 1. The monoisotopic (exact) mass is 554 g/mol. The number of hydrogen-bond donors (Lipinski definition) is 1. The molecule has 0 radical (unpaired) electrons. The molecule has 0 spiro atoms. The Bertz CT molecular complexity index is 1550. The van der Waals surface area contributed by atoms with Crippen LogP contribution in [0.2, 0.25) is 0 Å². The highest BCUT2D eigenvalue weighted by molar-refractivity contribution is 5.69. The maximum absolute atomic E-state index is 13.3. The number of ether oxygens (including phenoxy) is 1. The zero-order valence-corrected chi connectivity index (χ0v) is 21.8. The lowest BCUT2D eigenvalue weighted by molar-refractivity contribution is -0.384. The first-order chi connectivity index (χ1) is 19.1. The lowest BCUT2D eigenvalue weighted by atomic mass is 10.1. The summed E-state index contributed by atoms with van der Waals surface area (Å²) in [7, 11) is 1.47. The van der Waals surface area contributed by atoms with E-state index in [0.717, 1.165) is 36.5 Å². The van der Waals surface area contributed by atoms with Gasteiger partial charge >= 0.3 is 11.9 Å². The maximum atomic E-state index is 13.3. The molecule has 3 aromatic heterocycles. The van der Waals surface area contributed by atoms with E-state index in [2.05, 4.69) is 30.2 Å². The first kappa shape index (κ1) is 27.0. The van der Waals surface area contributed by atoms with Crippen LogP contribution in [0.25, 0.3) is 22.8 Å². The SMILES string of the molecule is COc1ncnc(C2CC2)c1-c1ncc([N+](=O)[O-])c(NCc2ccc(-c3nc(C(F)(F)F)cn3C(C)C)cc2)n1. The third-order valence-electron chi connectivity index (χ3n) is 6.44. The minimum atomic E-state index is -4.56. The van der Waals surface area contributed by atoms with Crippen LogP contribution in [0.15, 0.2) is 43.0 Å². The van der Waals surface area contributed by atoms with Crippen molar-refractivity contribution in [3.05, 3.63) is 70.1 Å². The fourth-order valence-corrected chi connectivity index (χ4v) is 4.27. The Balaban J connectivity index is 1.42. The molecule has 1 saturated carbocycles. The number of alkyl halides is 3. The molecule has 0 saturated heterocycles. The van der Waals surface area contributed by atoms with Crippen LogP contribution < -0.4 is 10.1 Å². The van der Waals surface area contributed by atoms with Crippen LogP contribution in [0.1, 0.15) is 55.6 Å². The number of methoxy groups -OCH3 is 1. The van der Waals surface area contributed by atoms with Crippen molar-refractivity contribution in [2.75, 3.05) is 12.4 Å². The lowest BCUT2D eigenvalue weighted by Crippen LogP contribution is -2.08. The second-order valence-corrected chi connectivity index (χ2v) is 9.60. The second kappa shape index (κ2) is 10.5. The minimum Gasteiger partial charge on any atom is -0.480 e. The standard InChI is InChI=1S/C26H25F3N8O3/c1-14(2)36-12-19(26(27,28)29)34-24(36)17-6-4-15(5-7-17)10-30-22-18(37(38)39)11-31-23(35-22)20-21(16-8-9-16)32-13-33-25(20)40-3/h4-7,11-14,16H,8-10H2,1-3H3,(H,30,31,35). The molecule has 0 unspecified atom stereocenters. The van der Waals surface area contributed by atoms with Crippen LogP contribution in [0, 0.1) is 10.1 Å². The van der Waals surface area contributed by atoms with Crippen LogP contribution in [0.4, 0.5) is 24.7 Å². The van der Waals surface area contributed by atoms with E-state index < -0.39 is 16.8 Å². The molecule has 5 rings (SSSR count). The van der Waals surface area contributed by atoms with Gasteiger partial charge in [0.05, 0.1) is 17.7 Å². The van der Waals surface area contributed by atoms with E-state index in [1.54, 1.807) is 38.1 Å². The second-order valence-electron chi connectivity index (χ2n) is 9.60. The van der Waals surface area contributed by atoms with Gasteiger partial charge in [0.15, 0.2) is 11.5 Å². The first-order valence-electron chi connectivity index (χ1n) is 12.5. The van der Waals surface area contributed by atoms with Gasteiger partial charge in [-0.15, -0.1) is 0 Å². The number of hydrogen-bond acceptors (Lipinski definition) is 9. The molecule has 1 aliphatic rings. The summed E-state index contributed by atoms with van der Waals surface area (Å²) in [6, 6.07) is 6.50. The van der Waals surface area contributed by atoms with Crippen LogP contribution in [0.3, 0.4) is 0 Å².